The number of rotatable bonds is 49. The first-order chi connectivity index (χ1) is 30.0. The Morgan fingerprint density at radius 3 is 1.33 bits per heavy atom. The standard InChI is InChI=1S/C55H103NO5/c1-3-5-7-9-11-13-15-17-19-20-21-22-23-25-26-28-31-35-39-43-47-53(58)52(51-57)56-54(59)48-44-40-36-32-30-34-38-42-46-50-61-55(60)49-45-41-37-33-29-27-24-18-16-14-12-10-8-6-4-2/h12,14,18,24,32,36,52-53,57-58H,3-11,13,15-17,19-23,25-31,33-35,37-51H2,1-2H3,(H,56,59)/b14-12-,24-18-,36-32-. The summed E-state index contributed by atoms with van der Waals surface area (Å²) in [5.41, 5.74) is 0. The van der Waals surface area contributed by atoms with Crippen molar-refractivity contribution >= 4 is 11.9 Å². The van der Waals surface area contributed by atoms with Crippen LogP contribution in [0, 0.1) is 0 Å². The molecule has 0 heterocycles. The Balaban J connectivity index is 3.55. The maximum atomic E-state index is 12.5. The summed E-state index contributed by atoms with van der Waals surface area (Å²) in [6.45, 7) is 4.83. The van der Waals surface area contributed by atoms with E-state index in [4.69, 9.17) is 4.74 Å². The molecule has 0 aliphatic carbocycles. The molecule has 0 aromatic heterocycles. The van der Waals surface area contributed by atoms with Gasteiger partial charge in [0, 0.05) is 12.8 Å². The lowest BCUT2D eigenvalue weighted by Gasteiger charge is -2.22. The molecule has 6 heteroatoms. The number of hydrogen-bond acceptors (Lipinski definition) is 5. The fourth-order valence-electron chi connectivity index (χ4n) is 8.03. The molecule has 358 valence electrons. The fraction of sp³-hybridized carbons (Fsp3) is 0.855. The van der Waals surface area contributed by atoms with E-state index in [1.165, 1.54) is 161 Å². The van der Waals surface area contributed by atoms with Gasteiger partial charge in [0.05, 0.1) is 25.4 Å². The molecule has 0 radical (unpaired) electrons. The first-order valence-corrected chi connectivity index (χ1v) is 26.7. The third-order valence-electron chi connectivity index (χ3n) is 12.2. The van der Waals surface area contributed by atoms with Crippen LogP contribution in [-0.2, 0) is 14.3 Å². The molecule has 0 saturated carbocycles. The van der Waals surface area contributed by atoms with E-state index in [0.717, 1.165) is 83.5 Å². The number of aliphatic hydroxyl groups is 2. The van der Waals surface area contributed by atoms with E-state index in [1.54, 1.807) is 0 Å². The lowest BCUT2D eigenvalue weighted by Crippen LogP contribution is -2.45. The Hall–Kier alpha value is -1.92. The number of nitrogens with one attached hydrogen (secondary N) is 1. The summed E-state index contributed by atoms with van der Waals surface area (Å²) in [7, 11) is 0. The number of ether oxygens (including phenoxy) is 1. The van der Waals surface area contributed by atoms with Gasteiger partial charge in [-0.25, -0.2) is 0 Å². The van der Waals surface area contributed by atoms with Crippen LogP contribution in [0.5, 0.6) is 0 Å². The summed E-state index contributed by atoms with van der Waals surface area (Å²) in [5, 5.41) is 23.2. The second-order valence-corrected chi connectivity index (χ2v) is 18.2. The van der Waals surface area contributed by atoms with Crippen LogP contribution in [0.3, 0.4) is 0 Å². The molecular formula is C55H103NO5. The van der Waals surface area contributed by atoms with E-state index >= 15 is 0 Å². The Bertz CT molecular complexity index is 993. The van der Waals surface area contributed by atoms with Gasteiger partial charge in [0.25, 0.3) is 0 Å². The molecule has 0 aromatic carbocycles. The fourth-order valence-corrected chi connectivity index (χ4v) is 8.03. The molecular weight excluding hydrogens is 755 g/mol. The number of aliphatic hydroxyl groups excluding tert-OH is 2. The first kappa shape index (κ1) is 59.1. The molecule has 0 aromatic rings. The molecule has 3 N–H and O–H groups in total. The number of carbonyl (C=O) groups is 2. The number of amides is 1. The van der Waals surface area contributed by atoms with Gasteiger partial charge in [-0.15, -0.1) is 0 Å². The lowest BCUT2D eigenvalue weighted by molar-refractivity contribution is -0.143. The molecule has 1 amide bonds. The second-order valence-electron chi connectivity index (χ2n) is 18.2. The number of hydrogen-bond donors (Lipinski definition) is 3. The van der Waals surface area contributed by atoms with Crippen LogP contribution in [0.25, 0.3) is 0 Å². The zero-order valence-corrected chi connectivity index (χ0v) is 40.6. The van der Waals surface area contributed by atoms with Gasteiger partial charge in [0.15, 0.2) is 0 Å². The second kappa shape index (κ2) is 50.7. The number of allylic oxidation sites excluding steroid dienone is 6. The zero-order valence-electron chi connectivity index (χ0n) is 40.6. The third kappa shape index (κ3) is 47.4. The van der Waals surface area contributed by atoms with Gasteiger partial charge in [0.1, 0.15) is 0 Å². The third-order valence-corrected chi connectivity index (χ3v) is 12.2. The van der Waals surface area contributed by atoms with Gasteiger partial charge in [-0.3, -0.25) is 9.59 Å². The van der Waals surface area contributed by atoms with Crippen LogP contribution < -0.4 is 5.32 Å². The van der Waals surface area contributed by atoms with Gasteiger partial charge in [-0.2, -0.15) is 0 Å². The van der Waals surface area contributed by atoms with Crippen LogP contribution in [0.2, 0.25) is 0 Å². The Morgan fingerprint density at radius 2 is 0.836 bits per heavy atom. The van der Waals surface area contributed by atoms with Gasteiger partial charge in [-0.05, 0) is 77.0 Å². The van der Waals surface area contributed by atoms with E-state index in [1.807, 2.05) is 0 Å². The van der Waals surface area contributed by atoms with Gasteiger partial charge in [-0.1, -0.05) is 224 Å². The highest BCUT2D eigenvalue weighted by atomic mass is 16.5. The van der Waals surface area contributed by atoms with Crippen molar-refractivity contribution in [3.8, 4) is 0 Å². The average Bonchev–Trinajstić information content (AvgIpc) is 3.26. The lowest BCUT2D eigenvalue weighted by atomic mass is 10.0. The molecule has 0 aliphatic rings. The Labute approximate surface area is 379 Å². The molecule has 6 nitrogen and oxygen atoms in total. The minimum Gasteiger partial charge on any atom is -0.466 e. The van der Waals surface area contributed by atoms with Crippen LogP contribution in [0.1, 0.15) is 277 Å². The van der Waals surface area contributed by atoms with Crippen LogP contribution >= 0.6 is 0 Å². The molecule has 2 unspecified atom stereocenters. The number of esters is 1. The Kier molecular flexibility index (Phi) is 49.1. The van der Waals surface area contributed by atoms with Gasteiger partial charge < -0.3 is 20.3 Å². The van der Waals surface area contributed by atoms with Crippen molar-refractivity contribution in [2.24, 2.45) is 0 Å². The van der Waals surface area contributed by atoms with E-state index in [9.17, 15) is 19.8 Å². The summed E-state index contributed by atoms with van der Waals surface area (Å²) < 4.78 is 5.43. The summed E-state index contributed by atoms with van der Waals surface area (Å²) in [4.78, 5) is 24.5. The quantitative estimate of drug-likeness (QED) is 0.0322. The highest BCUT2D eigenvalue weighted by Crippen LogP contribution is 2.16. The van der Waals surface area contributed by atoms with Crippen molar-refractivity contribution in [1.29, 1.82) is 0 Å². The topological polar surface area (TPSA) is 95.9 Å². The maximum absolute atomic E-state index is 12.5. The van der Waals surface area contributed by atoms with Crippen molar-refractivity contribution in [3.63, 3.8) is 0 Å². The van der Waals surface area contributed by atoms with Crippen molar-refractivity contribution in [2.75, 3.05) is 13.2 Å². The summed E-state index contributed by atoms with van der Waals surface area (Å²) in [6.07, 6.45) is 61.2. The van der Waals surface area contributed by atoms with E-state index in [-0.39, 0.29) is 18.5 Å². The largest absolute Gasteiger partial charge is 0.466 e. The summed E-state index contributed by atoms with van der Waals surface area (Å²) >= 11 is 0. The molecule has 0 bridgehead atoms. The number of carbonyl (C=O) groups excluding carboxylic acids is 2. The van der Waals surface area contributed by atoms with Crippen molar-refractivity contribution in [3.05, 3.63) is 36.5 Å². The highest BCUT2D eigenvalue weighted by molar-refractivity contribution is 5.76. The van der Waals surface area contributed by atoms with Crippen LogP contribution in [0.4, 0.5) is 0 Å². The molecule has 0 aliphatic heterocycles. The number of unbranched alkanes of at least 4 members (excludes halogenated alkanes) is 32. The van der Waals surface area contributed by atoms with Gasteiger partial charge in [0.2, 0.25) is 5.91 Å². The average molecular weight is 858 g/mol. The van der Waals surface area contributed by atoms with E-state index < -0.39 is 12.1 Å². The van der Waals surface area contributed by atoms with E-state index in [0.29, 0.717) is 25.9 Å². The van der Waals surface area contributed by atoms with Crippen LogP contribution in [-0.4, -0.2) is 47.4 Å². The van der Waals surface area contributed by atoms with Gasteiger partial charge >= 0.3 is 5.97 Å². The summed E-state index contributed by atoms with van der Waals surface area (Å²) in [5.74, 6) is -0.145. The minimum absolute atomic E-state index is 0.0495. The molecule has 0 rings (SSSR count). The monoisotopic (exact) mass is 858 g/mol. The summed E-state index contributed by atoms with van der Waals surface area (Å²) in [6, 6.07) is -0.581. The zero-order chi connectivity index (χ0) is 44.4. The van der Waals surface area contributed by atoms with Crippen LogP contribution in [0.15, 0.2) is 36.5 Å². The molecule has 0 saturated heterocycles. The predicted molar refractivity (Wildman–Crippen MR) is 264 cm³/mol. The first-order valence-electron chi connectivity index (χ1n) is 26.7. The highest BCUT2D eigenvalue weighted by Gasteiger charge is 2.20. The van der Waals surface area contributed by atoms with Crippen molar-refractivity contribution in [1.82, 2.24) is 5.32 Å². The molecule has 0 fully saturated rings. The van der Waals surface area contributed by atoms with Crippen molar-refractivity contribution < 1.29 is 24.5 Å². The normalized spacial score (nSPS) is 12.9. The molecule has 0 spiro atoms. The predicted octanol–water partition coefficient (Wildman–Crippen LogP) is 16.1. The Morgan fingerprint density at radius 1 is 0.459 bits per heavy atom. The molecule has 61 heavy (non-hydrogen) atoms. The SMILES string of the molecule is CCCCC/C=C\C/C=C\CCCCCCCC(=O)OCCCCCC/C=C\CCCC(=O)NC(CO)C(O)CCCCCCCCCCCCCCCCCCCCCC. The minimum atomic E-state index is -0.697. The maximum Gasteiger partial charge on any atom is 0.305 e. The van der Waals surface area contributed by atoms with Crippen molar-refractivity contribution in [2.45, 2.75) is 289 Å². The smallest absolute Gasteiger partial charge is 0.305 e. The van der Waals surface area contributed by atoms with E-state index in [2.05, 4.69) is 55.6 Å². The molecule has 2 atom stereocenters.